The molecule has 1 spiro atoms. The van der Waals surface area contributed by atoms with Crippen molar-refractivity contribution < 1.29 is 0 Å². The van der Waals surface area contributed by atoms with Crippen molar-refractivity contribution in [1.82, 2.24) is 15.3 Å². The van der Waals surface area contributed by atoms with Crippen molar-refractivity contribution in [3.63, 3.8) is 0 Å². The van der Waals surface area contributed by atoms with Crippen LogP contribution in [0.25, 0.3) is 10.2 Å². The Morgan fingerprint density at radius 3 is 2.91 bits per heavy atom. The number of aromatic nitrogens is 2. The molecule has 0 unspecified atom stereocenters. The first-order valence-corrected chi connectivity index (χ1v) is 9.87. The lowest BCUT2D eigenvalue weighted by Gasteiger charge is -2.37. The number of anilines is 1. The molecular weight excluding hydrogens is 304 g/mol. The first kappa shape index (κ1) is 14.2. The van der Waals surface area contributed by atoms with Crippen LogP contribution in [0.3, 0.4) is 0 Å². The predicted octanol–water partition coefficient (Wildman–Crippen LogP) is 3.51. The van der Waals surface area contributed by atoms with Gasteiger partial charge in [0.05, 0.1) is 5.39 Å². The summed E-state index contributed by atoms with van der Waals surface area (Å²) in [6, 6.07) is 0.580. The van der Waals surface area contributed by atoms with Gasteiger partial charge in [-0.1, -0.05) is 0 Å². The zero-order valence-corrected chi connectivity index (χ0v) is 14.3. The second kappa shape index (κ2) is 5.42. The molecule has 1 saturated heterocycles. The highest BCUT2D eigenvalue weighted by Gasteiger charge is 2.37. The number of thiophene rings is 1. The largest absolute Gasteiger partial charge is 0.367 e. The lowest BCUT2D eigenvalue weighted by atomic mass is 9.72. The molecule has 4 nitrogen and oxygen atoms in total. The lowest BCUT2D eigenvalue weighted by molar-refractivity contribution is 0.206. The van der Waals surface area contributed by atoms with Gasteiger partial charge in [-0.15, -0.1) is 11.3 Å². The molecule has 2 aromatic rings. The second-order valence-electron chi connectivity index (χ2n) is 7.61. The molecule has 23 heavy (non-hydrogen) atoms. The van der Waals surface area contributed by atoms with Gasteiger partial charge < -0.3 is 10.6 Å². The van der Waals surface area contributed by atoms with Crippen molar-refractivity contribution in [3.05, 3.63) is 16.8 Å². The zero-order chi connectivity index (χ0) is 15.3. The Morgan fingerprint density at radius 1 is 1.17 bits per heavy atom. The number of nitrogens with zero attached hydrogens (tertiary/aromatic N) is 2. The minimum Gasteiger partial charge on any atom is -0.367 e. The van der Waals surface area contributed by atoms with E-state index in [0.29, 0.717) is 11.5 Å². The van der Waals surface area contributed by atoms with Crippen LogP contribution in [0.15, 0.2) is 6.33 Å². The number of rotatable bonds is 2. The van der Waals surface area contributed by atoms with E-state index >= 15 is 0 Å². The van der Waals surface area contributed by atoms with E-state index in [2.05, 4.69) is 20.6 Å². The van der Waals surface area contributed by atoms with E-state index in [4.69, 9.17) is 0 Å². The molecule has 2 N–H and O–H groups in total. The summed E-state index contributed by atoms with van der Waals surface area (Å²) in [7, 11) is 0. The molecule has 1 saturated carbocycles. The molecule has 3 heterocycles. The fourth-order valence-corrected chi connectivity index (χ4v) is 6.06. The van der Waals surface area contributed by atoms with E-state index in [-0.39, 0.29) is 0 Å². The molecule has 1 aliphatic heterocycles. The minimum atomic E-state index is 0.580. The molecule has 0 radical (unpaired) electrons. The number of hydrogen-bond acceptors (Lipinski definition) is 5. The van der Waals surface area contributed by atoms with E-state index in [0.717, 1.165) is 5.82 Å². The third-order valence-electron chi connectivity index (χ3n) is 6.22. The molecular formula is C18H24N4S. The van der Waals surface area contributed by atoms with Gasteiger partial charge in [-0.3, -0.25) is 0 Å². The number of hydrogen-bond donors (Lipinski definition) is 2. The van der Waals surface area contributed by atoms with Crippen LogP contribution in [0.5, 0.6) is 0 Å². The molecule has 122 valence electrons. The van der Waals surface area contributed by atoms with Crippen molar-refractivity contribution in [1.29, 1.82) is 0 Å². The topological polar surface area (TPSA) is 49.8 Å². The maximum absolute atomic E-state index is 4.61. The number of fused-ring (bicyclic) bond motifs is 3. The Balaban J connectivity index is 1.38. The van der Waals surface area contributed by atoms with Gasteiger partial charge in [-0.2, -0.15) is 0 Å². The number of aryl methyl sites for hydroxylation is 2. The lowest BCUT2D eigenvalue weighted by Crippen LogP contribution is -2.35. The van der Waals surface area contributed by atoms with Crippen molar-refractivity contribution >= 4 is 27.4 Å². The van der Waals surface area contributed by atoms with E-state index < -0.39 is 0 Å². The highest BCUT2D eigenvalue weighted by atomic mass is 32.1. The summed E-state index contributed by atoms with van der Waals surface area (Å²) in [6.07, 6.45) is 12.1. The zero-order valence-electron chi connectivity index (χ0n) is 13.5. The third-order valence-corrected chi connectivity index (χ3v) is 7.42. The van der Waals surface area contributed by atoms with Gasteiger partial charge >= 0.3 is 0 Å². The van der Waals surface area contributed by atoms with Crippen molar-refractivity contribution in [2.24, 2.45) is 5.41 Å². The SMILES string of the molecule is c1nc(NC2CCC3(CCNC3)CC2)c2c3c(sc2n1)CCC3. The molecule has 5 rings (SSSR count). The van der Waals surface area contributed by atoms with E-state index in [1.165, 1.54) is 80.2 Å². The molecule has 2 aliphatic carbocycles. The molecule has 5 heteroatoms. The maximum atomic E-state index is 4.61. The van der Waals surface area contributed by atoms with Crippen molar-refractivity contribution in [3.8, 4) is 0 Å². The van der Waals surface area contributed by atoms with Crippen LogP contribution in [-0.4, -0.2) is 29.1 Å². The normalized spacial score (nSPS) is 30.2. The van der Waals surface area contributed by atoms with Crippen molar-refractivity contribution in [2.75, 3.05) is 18.4 Å². The van der Waals surface area contributed by atoms with E-state index in [9.17, 15) is 0 Å². The van der Waals surface area contributed by atoms with Crippen LogP contribution >= 0.6 is 11.3 Å². The molecule has 3 aliphatic rings. The first-order chi connectivity index (χ1) is 11.3. The van der Waals surface area contributed by atoms with E-state index in [1.54, 1.807) is 11.2 Å². The summed E-state index contributed by atoms with van der Waals surface area (Å²) in [5.41, 5.74) is 2.13. The quantitative estimate of drug-likeness (QED) is 0.886. The van der Waals surface area contributed by atoms with Gasteiger partial charge in [-0.05, 0) is 68.9 Å². The Bertz CT molecular complexity index is 722. The average molecular weight is 328 g/mol. The summed E-state index contributed by atoms with van der Waals surface area (Å²) < 4.78 is 0. The average Bonchev–Trinajstić information content (AvgIpc) is 3.26. The van der Waals surface area contributed by atoms with Gasteiger partial charge in [0.25, 0.3) is 0 Å². The van der Waals surface area contributed by atoms with Gasteiger partial charge in [0.15, 0.2) is 0 Å². The second-order valence-corrected chi connectivity index (χ2v) is 8.69. The molecule has 0 amide bonds. The monoisotopic (exact) mass is 328 g/mol. The molecule has 2 aromatic heterocycles. The minimum absolute atomic E-state index is 0.580. The van der Waals surface area contributed by atoms with Crippen LogP contribution in [0.2, 0.25) is 0 Å². The fourth-order valence-electron chi connectivity index (χ4n) is 4.83. The summed E-state index contributed by atoms with van der Waals surface area (Å²) in [4.78, 5) is 11.9. The molecule has 0 atom stereocenters. The maximum Gasteiger partial charge on any atom is 0.138 e. The number of nitrogens with one attached hydrogen (secondary N) is 2. The highest BCUT2D eigenvalue weighted by molar-refractivity contribution is 7.19. The molecule has 2 fully saturated rings. The summed E-state index contributed by atoms with van der Waals surface area (Å²) >= 11 is 1.88. The third kappa shape index (κ3) is 2.36. The fraction of sp³-hybridized carbons (Fsp3) is 0.667. The Labute approximate surface area is 141 Å². The van der Waals surface area contributed by atoms with Gasteiger partial charge in [0, 0.05) is 17.5 Å². The Hall–Kier alpha value is -1.20. The van der Waals surface area contributed by atoms with Crippen LogP contribution in [0.1, 0.15) is 49.0 Å². The van der Waals surface area contributed by atoms with Crippen LogP contribution < -0.4 is 10.6 Å². The summed E-state index contributed by atoms with van der Waals surface area (Å²) in [5.74, 6) is 1.10. The van der Waals surface area contributed by atoms with Gasteiger partial charge in [-0.25, -0.2) is 9.97 Å². The standard InChI is InChI=1S/C18H24N4S/c1-2-13-14(3-1)23-17-15(13)16(20-11-21-17)22-12-4-6-18(7-5-12)8-9-19-10-18/h11-12,19H,1-10H2,(H,20,21,22). The smallest absolute Gasteiger partial charge is 0.138 e. The Kier molecular flexibility index (Phi) is 3.34. The summed E-state index contributed by atoms with van der Waals surface area (Å²) in [6.45, 7) is 2.45. The highest BCUT2D eigenvalue weighted by Crippen LogP contribution is 2.43. The van der Waals surface area contributed by atoms with Crippen molar-refractivity contribution in [2.45, 2.75) is 57.4 Å². The first-order valence-electron chi connectivity index (χ1n) is 9.06. The molecule has 0 aromatic carbocycles. The molecule has 0 bridgehead atoms. The van der Waals surface area contributed by atoms with Crippen LogP contribution in [0.4, 0.5) is 5.82 Å². The van der Waals surface area contributed by atoms with Gasteiger partial charge in [0.2, 0.25) is 0 Å². The Morgan fingerprint density at radius 2 is 2.09 bits per heavy atom. The predicted molar refractivity (Wildman–Crippen MR) is 95.2 cm³/mol. The van der Waals surface area contributed by atoms with E-state index in [1.807, 2.05) is 11.3 Å². The van der Waals surface area contributed by atoms with Crippen LogP contribution in [0, 0.1) is 5.41 Å². The summed E-state index contributed by atoms with van der Waals surface area (Å²) in [5, 5.41) is 8.66. The van der Waals surface area contributed by atoms with Gasteiger partial charge in [0.1, 0.15) is 17.0 Å². The van der Waals surface area contributed by atoms with Crippen LogP contribution in [-0.2, 0) is 12.8 Å².